The average Bonchev–Trinajstić information content (AvgIpc) is 2.98. The average molecular weight is 577 g/mol. The molecule has 0 saturated heterocycles. The number of nitrogens with zero attached hydrogens (tertiary/aromatic N) is 3. The minimum Gasteiger partial charge on any atom is -0.357 e. The van der Waals surface area contributed by atoms with Crippen molar-refractivity contribution in [3.63, 3.8) is 0 Å². The van der Waals surface area contributed by atoms with Gasteiger partial charge in [-0.2, -0.15) is 5.10 Å². The summed E-state index contributed by atoms with van der Waals surface area (Å²) < 4.78 is 30.3. The minimum absolute atomic E-state index is 0. The molecule has 0 bridgehead atoms. The number of aromatic nitrogens is 2. The molecule has 2 rings (SSSR count). The molecule has 3 N–H and O–H groups in total. The fourth-order valence-corrected chi connectivity index (χ4v) is 4.85. The Kier molecular flexibility index (Phi) is 11.1. The number of hydrogen-bond donors (Lipinski definition) is 3. The second-order valence-electron chi connectivity index (χ2n) is 8.59. The van der Waals surface area contributed by atoms with Crippen molar-refractivity contribution in [2.45, 2.75) is 71.5 Å². The molecule has 0 atom stereocenters. The molecule has 0 fully saturated rings. The molecule has 0 aliphatic heterocycles. The van der Waals surface area contributed by atoms with Gasteiger partial charge in [0.25, 0.3) is 0 Å². The Labute approximate surface area is 209 Å². The van der Waals surface area contributed by atoms with E-state index in [1.165, 1.54) is 0 Å². The van der Waals surface area contributed by atoms with E-state index in [2.05, 4.69) is 38.4 Å². The van der Waals surface area contributed by atoms with Gasteiger partial charge in [-0.15, -0.1) is 24.0 Å². The van der Waals surface area contributed by atoms with E-state index in [4.69, 9.17) is 0 Å². The first-order valence-electron chi connectivity index (χ1n) is 10.7. The van der Waals surface area contributed by atoms with E-state index in [9.17, 15) is 8.42 Å². The summed E-state index contributed by atoms with van der Waals surface area (Å²) in [5, 5.41) is 11.0. The topological polar surface area (TPSA) is 100 Å². The molecule has 2 aromatic rings. The fourth-order valence-electron chi connectivity index (χ4n) is 3.20. The summed E-state index contributed by atoms with van der Waals surface area (Å²) in [5.74, 6) is 0.659. The zero-order chi connectivity index (χ0) is 23.1. The van der Waals surface area contributed by atoms with E-state index in [0.717, 1.165) is 37.4 Å². The van der Waals surface area contributed by atoms with E-state index in [1.807, 2.05) is 45.4 Å². The highest BCUT2D eigenvalue weighted by Gasteiger charge is 2.24. The van der Waals surface area contributed by atoms with E-state index in [0.29, 0.717) is 11.5 Å². The molecule has 1 aromatic carbocycles. The largest absolute Gasteiger partial charge is 0.357 e. The van der Waals surface area contributed by atoms with Crippen molar-refractivity contribution in [2.24, 2.45) is 4.99 Å². The lowest BCUT2D eigenvalue weighted by Crippen LogP contribution is -2.40. The van der Waals surface area contributed by atoms with Crippen LogP contribution < -0.4 is 15.4 Å². The van der Waals surface area contributed by atoms with Gasteiger partial charge >= 0.3 is 0 Å². The molecule has 0 spiro atoms. The smallest absolute Gasteiger partial charge is 0.241 e. The predicted octanol–water partition coefficient (Wildman–Crippen LogP) is 3.34. The Morgan fingerprint density at radius 1 is 1.16 bits per heavy atom. The second kappa shape index (κ2) is 12.5. The lowest BCUT2D eigenvalue weighted by Gasteiger charge is -2.21. The van der Waals surface area contributed by atoms with Gasteiger partial charge in [0.05, 0.1) is 17.1 Å². The van der Waals surface area contributed by atoms with Crippen LogP contribution in [0.25, 0.3) is 0 Å². The zero-order valence-corrected chi connectivity index (χ0v) is 23.0. The van der Waals surface area contributed by atoms with Gasteiger partial charge in [-0.1, -0.05) is 18.2 Å². The van der Waals surface area contributed by atoms with Gasteiger partial charge in [-0.25, -0.2) is 18.1 Å². The lowest BCUT2D eigenvalue weighted by atomic mass is 10.1. The number of rotatable bonds is 9. The molecule has 32 heavy (non-hydrogen) atoms. The molecule has 180 valence electrons. The first kappa shape index (κ1) is 28.4. The van der Waals surface area contributed by atoms with Crippen molar-refractivity contribution in [3.8, 4) is 0 Å². The van der Waals surface area contributed by atoms with E-state index in [1.54, 1.807) is 18.2 Å². The van der Waals surface area contributed by atoms with Crippen molar-refractivity contribution in [3.05, 3.63) is 47.3 Å². The van der Waals surface area contributed by atoms with Crippen LogP contribution in [0.4, 0.5) is 0 Å². The molecule has 0 saturated carbocycles. The molecule has 1 heterocycles. The molecule has 10 heteroatoms. The Balaban J connectivity index is 0.00000512. The van der Waals surface area contributed by atoms with Gasteiger partial charge in [-0.05, 0) is 65.7 Å². The highest BCUT2D eigenvalue weighted by Crippen LogP contribution is 2.18. The van der Waals surface area contributed by atoms with Crippen LogP contribution in [0, 0.1) is 13.8 Å². The third kappa shape index (κ3) is 9.07. The number of guanidine groups is 1. The number of hydrogen-bond acceptors (Lipinski definition) is 4. The standard InChI is InChI=1S/C22H36N6O2S.HI/c1-7-23-21(24-13-10-14-28-18(3)15-17(2)26-28)25-16-19-11-8-9-12-20(19)31(29,30)27-22(4,5)6;/h8-9,11-12,15,27H,7,10,13-14,16H2,1-6H3,(H2,23,24,25);1H. The summed E-state index contributed by atoms with van der Waals surface area (Å²) in [4.78, 5) is 4.86. The normalized spacial score (nSPS) is 12.4. The van der Waals surface area contributed by atoms with Crippen molar-refractivity contribution in [1.82, 2.24) is 25.1 Å². The molecule has 0 unspecified atom stereocenters. The molecule has 0 aliphatic rings. The Morgan fingerprint density at radius 2 is 1.84 bits per heavy atom. The van der Waals surface area contributed by atoms with Crippen LogP contribution in [-0.2, 0) is 23.1 Å². The number of benzene rings is 1. The maximum atomic E-state index is 12.8. The summed E-state index contributed by atoms with van der Waals surface area (Å²) in [7, 11) is -3.63. The number of halogens is 1. The van der Waals surface area contributed by atoms with E-state index >= 15 is 0 Å². The van der Waals surface area contributed by atoms with Gasteiger partial charge in [-0.3, -0.25) is 4.68 Å². The van der Waals surface area contributed by atoms with Gasteiger partial charge < -0.3 is 10.6 Å². The van der Waals surface area contributed by atoms with Gasteiger partial charge in [0.1, 0.15) is 0 Å². The summed E-state index contributed by atoms with van der Waals surface area (Å²) in [5.41, 5.74) is 2.27. The lowest BCUT2D eigenvalue weighted by molar-refractivity contribution is 0.491. The van der Waals surface area contributed by atoms with Crippen LogP contribution in [0.5, 0.6) is 0 Å². The molecule has 0 aliphatic carbocycles. The minimum atomic E-state index is -3.63. The Hall–Kier alpha value is -1.66. The number of nitrogens with one attached hydrogen (secondary N) is 3. The summed E-state index contributed by atoms with van der Waals surface area (Å²) in [6, 6.07) is 9.04. The van der Waals surface area contributed by atoms with Crippen LogP contribution in [0.15, 0.2) is 40.2 Å². The van der Waals surface area contributed by atoms with Gasteiger partial charge in [0, 0.05) is 30.9 Å². The molecule has 1 aromatic heterocycles. The van der Waals surface area contributed by atoms with Crippen LogP contribution in [0.2, 0.25) is 0 Å². The fraction of sp³-hybridized carbons (Fsp3) is 0.545. The van der Waals surface area contributed by atoms with E-state index in [-0.39, 0.29) is 35.4 Å². The highest BCUT2D eigenvalue weighted by molar-refractivity contribution is 14.0. The molecular formula is C22H37IN6O2S. The zero-order valence-electron chi connectivity index (χ0n) is 19.9. The summed E-state index contributed by atoms with van der Waals surface area (Å²) >= 11 is 0. The molecular weight excluding hydrogens is 539 g/mol. The third-order valence-corrected chi connectivity index (χ3v) is 6.26. The predicted molar refractivity (Wildman–Crippen MR) is 141 cm³/mol. The molecule has 0 radical (unpaired) electrons. The number of aryl methyl sites for hydroxylation is 3. The maximum Gasteiger partial charge on any atom is 0.241 e. The third-order valence-electron chi connectivity index (χ3n) is 4.40. The number of sulfonamides is 1. The quantitative estimate of drug-likeness (QED) is 0.184. The Bertz CT molecular complexity index is 996. The van der Waals surface area contributed by atoms with Crippen LogP contribution in [0.3, 0.4) is 0 Å². The van der Waals surface area contributed by atoms with Crippen LogP contribution in [-0.4, -0.2) is 42.8 Å². The van der Waals surface area contributed by atoms with Crippen LogP contribution in [0.1, 0.15) is 51.1 Å². The van der Waals surface area contributed by atoms with Crippen molar-refractivity contribution >= 4 is 40.0 Å². The van der Waals surface area contributed by atoms with Crippen molar-refractivity contribution < 1.29 is 8.42 Å². The van der Waals surface area contributed by atoms with Crippen LogP contribution >= 0.6 is 24.0 Å². The number of aliphatic imine (C=N–C) groups is 1. The monoisotopic (exact) mass is 576 g/mol. The van der Waals surface area contributed by atoms with Crippen molar-refractivity contribution in [1.29, 1.82) is 0 Å². The summed E-state index contributed by atoms with van der Waals surface area (Å²) in [6.07, 6.45) is 0.896. The Morgan fingerprint density at radius 3 is 2.44 bits per heavy atom. The first-order chi connectivity index (χ1) is 14.5. The van der Waals surface area contributed by atoms with E-state index < -0.39 is 15.6 Å². The molecule has 8 nitrogen and oxygen atoms in total. The van der Waals surface area contributed by atoms with Crippen molar-refractivity contribution in [2.75, 3.05) is 13.1 Å². The first-order valence-corrected chi connectivity index (χ1v) is 12.2. The van der Waals surface area contributed by atoms with Gasteiger partial charge in [0.15, 0.2) is 5.96 Å². The van der Waals surface area contributed by atoms with Gasteiger partial charge in [0.2, 0.25) is 10.0 Å². The molecule has 0 amide bonds. The SMILES string of the molecule is CCNC(=NCc1ccccc1S(=O)(=O)NC(C)(C)C)NCCCn1nc(C)cc1C.I. The maximum absolute atomic E-state index is 12.8. The summed E-state index contributed by atoms with van der Waals surface area (Å²) in [6.45, 7) is 14.0. The second-order valence-corrected chi connectivity index (χ2v) is 10.2. The highest BCUT2D eigenvalue weighted by atomic mass is 127.